The number of carbonyl (C=O) groups excluding carboxylic acids is 1. The Morgan fingerprint density at radius 2 is 1.74 bits per heavy atom. The summed E-state index contributed by atoms with van der Waals surface area (Å²) in [4.78, 5) is 17.4. The van der Waals surface area contributed by atoms with E-state index in [1.807, 2.05) is 36.1 Å². The van der Waals surface area contributed by atoms with E-state index in [2.05, 4.69) is 55.3 Å². The minimum absolute atomic E-state index is 0.00839. The maximum Gasteiger partial charge on any atom is 0.321 e. The van der Waals surface area contributed by atoms with Gasteiger partial charge < -0.3 is 15.0 Å². The Kier molecular flexibility index (Phi) is 6.24. The second-order valence-corrected chi connectivity index (χ2v) is 9.32. The minimum atomic E-state index is -0.00839. The SMILES string of the molecule is CCOc1ccc(NC(=O)N2CCC3(CC2)CN(C(C)C)C3c2ccc(C)cc2)cc1. The lowest BCUT2D eigenvalue weighted by atomic mass is 9.62. The Hall–Kier alpha value is -2.53. The van der Waals surface area contributed by atoms with Crippen molar-refractivity contribution in [3.8, 4) is 5.75 Å². The van der Waals surface area contributed by atoms with E-state index in [9.17, 15) is 4.79 Å². The second kappa shape index (κ2) is 8.91. The smallest absolute Gasteiger partial charge is 0.321 e. The predicted molar refractivity (Wildman–Crippen MR) is 126 cm³/mol. The number of aryl methyl sites for hydroxylation is 1. The van der Waals surface area contributed by atoms with Gasteiger partial charge in [0.15, 0.2) is 0 Å². The van der Waals surface area contributed by atoms with E-state index in [0.29, 0.717) is 18.7 Å². The molecule has 2 aromatic rings. The summed E-state index contributed by atoms with van der Waals surface area (Å²) in [5, 5.41) is 3.04. The minimum Gasteiger partial charge on any atom is -0.494 e. The molecule has 5 nitrogen and oxygen atoms in total. The second-order valence-electron chi connectivity index (χ2n) is 9.32. The Morgan fingerprint density at radius 3 is 2.32 bits per heavy atom. The van der Waals surface area contributed by atoms with Crippen LogP contribution in [-0.4, -0.2) is 48.1 Å². The number of nitrogens with zero attached hydrogens (tertiary/aromatic N) is 2. The number of nitrogens with one attached hydrogen (secondary N) is 1. The molecule has 1 unspecified atom stereocenters. The highest BCUT2D eigenvalue weighted by molar-refractivity contribution is 5.89. The van der Waals surface area contributed by atoms with Crippen LogP contribution in [0.1, 0.15) is 50.8 Å². The van der Waals surface area contributed by atoms with Crippen LogP contribution in [0, 0.1) is 12.3 Å². The van der Waals surface area contributed by atoms with Crippen molar-refractivity contribution in [2.75, 3.05) is 31.6 Å². The van der Waals surface area contributed by atoms with E-state index < -0.39 is 0 Å². The van der Waals surface area contributed by atoms with Crippen molar-refractivity contribution in [3.05, 3.63) is 59.7 Å². The summed E-state index contributed by atoms with van der Waals surface area (Å²) in [5.41, 5.74) is 3.79. The van der Waals surface area contributed by atoms with E-state index in [4.69, 9.17) is 4.74 Å². The number of hydrogen-bond acceptors (Lipinski definition) is 3. The van der Waals surface area contributed by atoms with Crippen molar-refractivity contribution in [2.45, 2.75) is 52.6 Å². The summed E-state index contributed by atoms with van der Waals surface area (Å²) in [7, 11) is 0. The lowest BCUT2D eigenvalue weighted by Crippen LogP contribution is -2.64. The number of benzene rings is 2. The molecule has 1 N–H and O–H groups in total. The fraction of sp³-hybridized carbons (Fsp3) is 0.500. The van der Waals surface area contributed by atoms with Crippen LogP contribution >= 0.6 is 0 Å². The molecule has 1 spiro atoms. The standard InChI is InChI=1S/C26H35N3O2/c1-5-31-23-12-10-22(11-13-23)27-25(30)28-16-14-26(15-17-28)18-29(19(2)3)24(26)21-8-6-20(4)7-9-21/h6-13,19,24H,5,14-18H2,1-4H3,(H,27,30). The van der Waals surface area contributed by atoms with Crippen LogP contribution in [0.3, 0.4) is 0 Å². The van der Waals surface area contributed by atoms with Crippen LogP contribution in [0.25, 0.3) is 0 Å². The molecule has 2 saturated heterocycles. The van der Waals surface area contributed by atoms with Crippen molar-refractivity contribution in [1.29, 1.82) is 0 Å². The van der Waals surface area contributed by atoms with Crippen LogP contribution in [-0.2, 0) is 0 Å². The number of carbonyl (C=O) groups is 1. The number of ether oxygens (including phenoxy) is 1. The van der Waals surface area contributed by atoms with Gasteiger partial charge in [0.2, 0.25) is 0 Å². The first-order valence-electron chi connectivity index (χ1n) is 11.5. The van der Waals surface area contributed by atoms with Crippen molar-refractivity contribution >= 4 is 11.7 Å². The van der Waals surface area contributed by atoms with Crippen molar-refractivity contribution < 1.29 is 9.53 Å². The fourth-order valence-corrected chi connectivity index (χ4v) is 5.15. The number of amides is 2. The van der Waals surface area contributed by atoms with Crippen molar-refractivity contribution in [3.63, 3.8) is 0 Å². The zero-order chi connectivity index (χ0) is 22.0. The van der Waals surface area contributed by atoms with Gasteiger partial charge in [-0.1, -0.05) is 29.8 Å². The zero-order valence-electron chi connectivity index (χ0n) is 19.2. The largest absolute Gasteiger partial charge is 0.494 e. The maximum atomic E-state index is 12.8. The number of hydrogen-bond donors (Lipinski definition) is 1. The molecule has 4 rings (SSSR count). The van der Waals surface area contributed by atoms with E-state index >= 15 is 0 Å². The quantitative estimate of drug-likeness (QED) is 0.696. The lowest BCUT2D eigenvalue weighted by Gasteiger charge is -2.62. The van der Waals surface area contributed by atoms with Gasteiger partial charge >= 0.3 is 6.03 Å². The number of rotatable bonds is 5. The first-order chi connectivity index (χ1) is 14.9. The maximum absolute atomic E-state index is 12.8. The molecule has 0 bridgehead atoms. The highest BCUT2D eigenvalue weighted by Gasteiger charge is 2.54. The van der Waals surface area contributed by atoms with Crippen molar-refractivity contribution in [2.24, 2.45) is 5.41 Å². The molecule has 0 radical (unpaired) electrons. The molecule has 5 heteroatoms. The van der Waals surface area contributed by atoms with E-state index in [-0.39, 0.29) is 11.4 Å². The molecule has 0 aliphatic carbocycles. The summed E-state index contributed by atoms with van der Waals surface area (Å²) in [6.07, 6.45) is 2.09. The van der Waals surface area contributed by atoms with E-state index in [1.165, 1.54) is 11.1 Å². The predicted octanol–water partition coefficient (Wildman–Crippen LogP) is 5.47. The van der Waals surface area contributed by atoms with Crippen LogP contribution in [0.15, 0.2) is 48.5 Å². The third-order valence-electron chi connectivity index (χ3n) is 6.93. The van der Waals surface area contributed by atoms with Crippen LogP contribution in [0.2, 0.25) is 0 Å². The highest BCUT2D eigenvalue weighted by Crippen LogP contribution is 2.55. The Morgan fingerprint density at radius 1 is 1.10 bits per heavy atom. The van der Waals surface area contributed by atoms with Crippen LogP contribution in [0.5, 0.6) is 5.75 Å². The normalized spacial score (nSPS) is 20.5. The van der Waals surface area contributed by atoms with E-state index in [0.717, 1.165) is 43.9 Å². The molecule has 2 amide bonds. The van der Waals surface area contributed by atoms with Gasteiger partial charge in [-0.15, -0.1) is 0 Å². The summed E-state index contributed by atoms with van der Waals surface area (Å²) in [5.74, 6) is 0.822. The molecule has 2 aliphatic rings. The Balaban J connectivity index is 1.39. The van der Waals surface area contributed by atoms with E-state index in [1.54, 1.807) is 0 Å². The van der Waals surface area contributed by atoms with Gasteiger partial charge in [0.25, 0.3) is 0 Å². The third kappa shape index (κ3) is 4.42. The number of piperidine rings is 1. The Bertz CT molecular complexity index is 884. The molecule has 2 aromatic carbocycles. The molecular weight excluding hydrogens is 386 g/mol. The summed E-state index contributed by atoms with van der Waals surface area (Å²) >= 11 is 0. The highest BCUT2D eigenvalue weighted by atomic mass is 16.5. The lowest BCUT2D eigenvalue weighted by molar-refractivity contribution is -0.123. The van der Waals surface area contributed by atoms with Crippen LogP contribution < -0.4 is 10.1 Å². The zero-order valence-corrected chi connectivity index (χ0v) is 19.2. The number of likely N-dealkylation sites (tertiary alicyclic amines) is 2. The molecular formula is C26H35N3O2. The molecule has 2 fully saturated rings. The molecule has 2 heterocycles. The molecule has 166 valence electrons. The van der Waals surface area contributed by atoms with Crippen molar-refractivity contribution in [1.82, 2.24) is 9.80 Å². The molecule has 31 heavy (non-hydrogen) atoms. The monoisotopic (exact) mass is 421 g/mol. The summed E-state index contributed by atoms with van der Waals surface area (Å²) < 4.78 is 5.48. The topological polar surface area (TPSA) is 44.8 Å². The molecule has 1 atom stereocenters. The first-order valence-corrected chi connectivity index (χ1v) is 11.5. The average Bonchev–Trinajstić information content (AvgIpc) is 2.75. The van der Waals surface area contributed by atoms with Gasteiger partial charge in [0, 0.05) is 42.8 Å². The fourth-order valence-electron chi connectivity index (χ4n) is 5.15. The van der Waals surface area contributed by atoms with Gasteiger partial charge in [-0.3, -0.25) is 4.90 Å². The molecule has 0 aromatic heterocycles. The van der Waals surface area contributed by atoms with Gasteiger partial charge in [-0.2, -0.15) is 0 Å². The summed E-state index contributed by atoms with van der Waals surface area (Å²) in [6.45, 7) is 12.0. The van der Waals surface area contributed by atoms with Crippen LogP contribution in [0.4, 0.5) is 10.5 Å². The average molecular weight is 422 g/mol. The molecule has 0 saturated carbocycles. The Labute approximate surface area is 186 Å². The van der Waals surface area contributed by atoms with Gasteiger partial charge in [0.1, 0.15) is 5.75 Å². The molecule has 2 aliphatic heterocycles. The van der Waals surface area contributed by atoms with Gasteiger partial charge in [-0.05, 0) is 70.4 Å². The van der Waals surface area contributed by atoms with Gasteiger partial charge in [0.05, 0.1) is 6.61 Å². The third-order valence-corrected chi connectivity index (χ3v) is 6.93. The number of anilines is 1. The first kappa shape index (κ1) is 21.7. The van der Waals surface area contributed by atoms with Gasteiger partial charge in [-0.25, -0.2) is 4.79 Å². The summed E-state index contributed by atoms with van der Waals surface area (Å²) in [6, 6.07) is 17.6. The number of urea groups is 1.